The molecular formula is C12H16BrN5S. The van der Waals surface area contributed by atoms with Gasteiger partial charge in [0.2, 0.25) is 5.95 Å². The van der Waals surface area contributed by atoms with Crippen molar-refractivity contribution in [2.75, 3.05) is 17.2 Å². The molecule has 2 aromatic rings. The number of halogens is 1. The van der Waals surface area contributed by atoms with E-state index in [1.165, 1.54) is 0 Å². The number of hydrogen-bond acceptors (Lipinski definition) is 6. The second kappa shape index (κ2) is 6.81. The highest BCUT2D eigenvalue weighted by atomic mass is 79.9. The van der Waals surface area contributed by atoms with Crippen LogP contribution < -0.4 is 10.6 Å². The Morgan fingerprint density at radius 2 is 2.21 bits per heavy atom. The number of anilines is 2. The second-order valence-corrected chi connectivity index (χ2v) is 5.68. The highest BCUT2D eigenvalue weighted by Crippen LogP contribution is 2.27. The molecule has 0 spiro atoms. The molecule has 2 heterocycles. The fourth-order valence-corrected chi connectivity index (χ4v) is 2.70. The number of thiazole rings is 1. The highest BCUT2D eigenvalue weighted by molar-refractivity contribution is 9.10. The summed E-state index contributed by atoms with van der Waals surface area (Å²) in [6.45, 7) is 4.94. The number of rotatable bonds is 6. The van der Waals surface area contributed by atoms with Crippen LogP contribution in [-0.2, 0) is 0 Å². The third-order valence-electron chi connectivity index (χ3n) is 2.55. The zero-order valence-corrected chi connectivity index (χ0v) is 13.3. The van der Waals surface area contributed by atoms with E-state index < -0.39 is 0 Å². The minimum absolute atomic E-state index is 0.167. The van der Waals surface area contributed by atoms with Gasteiger partial charge in [-0.25, -0.2) is 9.97 Å². The normalized spacial score (nSPS) is 12.2. The van der Waals surface area contributed by atoms with Crippen LogP contribution in [0.25, 0.3) is 0 Å². The lowest BCUT2D eigenvalue weighted by molar-refractivity contribution is 0.736. The van der Waals surface area contributed by atoms with Gasteiger partial charge in [-0.2, -0.15) is 4.98 Å². The molecule has 19 heavy (non-hydrogen) atoms. The summed E-state index contributed by atoms with van der Waals surface area (Å²) in [6, 6.07) is 0.167. The predicted molar refractivity (Wildman–Crippen MR) is 82.7 cm³/mol. The smallest absolute Gasteiger partial charge is 0.224 e. The van der Waals surface area contributed by atoms with Gasteiger partial charge in [0.15, 0.2) is 0 Å². The molecule has 1 unspecified atom stereocenters. The molecule has 2 aromatic heterocycles. The number of hydrogen-bond donors (Lipinski definition) is 2. The van der Waals surface area contributed by atoms with Crippen LogP contribution >= 0.6 is 27.3 Å². The summed E-state index contributed by atoms with van der Waals surface area (Å²) in [5.74, 6) is 1.41. The maximum Gasteiger partial charge on any atom is 0.224 e. The first-order chi connectivity index (χ1) is 9.24. The largest absolute Gasteiger partial charge is 0.360 e. The van der Waals surface area contributed by atoms with Crippen LogP contribution in [0.15, 0.2) is 22.2 Å². The van der Waals surface area contributed by atoms with E-state index in [-0.39, 0.29) is 6.04 Å². The molecule has 7 heteroatoms. The minimum atomic E-state index is 0.167. The van der Waals surface area contributed by atoms with E-state index in [4.69, 9.17) is 0 Å². The number of aromatic nitrogens is 3. The van der Waals surface area contributed by atoms with Gasteiger partial charge in [0.25, 0.3) is 0 Å². The summed E-state index contributed by atoms with van der Waals surface area (Å²) < 4.78 is 0.851. The summed E-state index contributed by atoms with van der Waals surface area (Å²) in [7, 11) is 0. The van der Waals surface area contributed by atoms with Crippen LogP contribution in [0.3, 0.4) is 0 Å². The van der Waals surface area contributed by atoms with Crippen molar-refractivity contribution in [2.45, 2.75) is 26.3 Å². The van der Waals surface area contributed by atoms with Gasteiger partial charge >= 0.3 is 0 Å². The Labute approximate surface area is 125 Å². The molecule has 0 aliphatic rings. The van der Waals surface area contributed by atoms with Crippen LogP contribution in [0, 0.1) is 0 Å². The molecule has 102 valence electrons. The Morgan fingerprint density at radius 3 is 2.84 bits per heavy atom. The molecule has 5 nitrogen and oxygen atoms in total. The van der Waals surface area contributed by atoms with Crippen molar-refractivity contribution in [3.05, 3.63) is 27.3 Å². The first-order valence-electron chi connectivity index (χ1n) is 6.17. The third-order valence-corrected chi connectivity index (χ3v) is 4.02. The summed E-state index contributed by atoms with van der Waals surface area (Å²) in [6.07, 6.45) is 4.52. The van der Waals surface area contributed by atoms with E-state index in [2.05, 4.69) is 48.4 Å². The van der Waals surface area contributed by atoms with E-state index >= 15 is 0 Å². The van der Waals surface area contributed by atoms with E-state index in [9.17, 15) is 0 Å². The van der Waals surface area contributed by atoms with Gasteiger partial charge in [-0.1, -0.05) is 6.92 Å². The number of nitrogens with one attached hydrogen (secondary N) is 2. The quantitative estimate of drug-likeness (QED) is 0.838. The van der Waals surface area contributed by atoms with Crippen molar-refractivity contribution in [2.24, 2.45) is 0 Å². The van der Waals surface area contributed by atoms with Crippen LogP contribution in [0.1, 0.15) is 31.3 Å². The van der Waals surface area contributed by atoms with Gasteiger partial charge in [-0.3, -0.25) is 0 Å². The molecule has 0 fully saturated rings. The van der Waals surface area contributed by atoms with Crippen LogP contribution in [-0.4, -0.2) is 21.5 Å². The Morgan fingerprint density at radius 1 is 1.37 bits per heavy atom. The molecule has 0 radical (unpaired) electrons. The van der Waals surface area contributed by atoms with Crippen LogP contribution in [0.5, 0.6) is 0 Å². The maximum atomic E-state index is 4.46. The monoisotopic (exact) mass is 341 g/mol. The molecule has 0 bridgehead atoms. The summed E-state index contributed by atoms with van der Waals surface area (Å²) in [4.78, 5) is 13.0. The predicted octanol–water partition coefficient (Wildman–Crippen LogP) is 3.69. The summed E-state index contributed by atoms with van der Waals surface area (Å²) in [5, 5.41) is 9.57. The van der Waals surface area contributed by atoms with Crippen molar-refractivity contribution >= 4 is 39.0 Å². The molecule has 0 amide bonds. The zero-order valence-electron chi connectivity index (χ0n) is 10.9. The molecule has 0 saturated carbocycles. The Hall–Kier alpha value is -1.21. The molecule has 0 saturated heterocycles. The summed E-state index contributed by atoms with van der Waals surface area (Å²) in [5.41, 5.74) is 0. The minimum Gasteiger partial charge on any atom is -0.360 e. The second-order valence-electron chi connectivity index (χ2n) is 3.90. The highest BCUT2D eigenvalue weighted by Gasteiger charge is 2.14. The van der Waals surface area contributed by atoms with Gasteiger partial charge in [-0.15, -0.1) is 11.3 Å². The first kappa shape index (κ1) is 14.2. The van der Waals surface area contributed by atoms with E-state index in [1.807, 2.05) is 18.5 Å². The van der Waals surface area contributed by atoms with Gasteiger partial charge in [-0.05, 0) is 29.3 Å². The zero-order chi connectivity index (χ0) is 13.7. The van der Waals surface area contributed by atoms with Gasteiger partial charge in [0.05, 0.1) is 10.5 Å². The van der Waals surface area contributed by atoms with Crippen molar-refractivity contribution in [1.29, 1.82) is 0 Å². The topological polar surface area (TPSA) is 62.7 Å². The van der Waals surface area contributed by atoms with E-state index in [1.54, 1.807) is 17.5 Å². The van der Waals surface area contributed by atoms with Gasteiger partial charge in [0.1, 0.15) is 10.8 Å². The van der Waals surface area contributed by atoms with Crippen molar-refractivity contribution in [1.82, 2.24) is 15.0 Å². The van der Waals surface area contributed by atoms with E-state index in [0.717, 1.165) is 28.3 Å². The van der Waals surface area contributed by atoms with Gasteiger partial charge in [0, 0.05) is 24.3 Å². The lowest BCUT2D eigenvalue weighted by Gasteiger charge is -2.16. The first-order valence-corrected chi connectivity index (χ1v) is 7.84. The van der Waals surface area contributed by atoms with Crippen LogP contribution in [0.2, 0.25) is 0 Å². The Balaban J connectivity index is 2.19. The van der Waals surface area contributed by atoms with Gasteiger partial charge < -0.3 is 10.6 Å². The molecule has 0 aliphatic carbocycles. The molecule has 2 rings (SSSR count). The average Bonchev–Trinajstić information content (AvgIpc) is 2.93. The van der Waals surface area contributed by atoms with Crippen molar-refractivity contribution in [3.8, 4) is 0 Å². The Kier molecular flexibility index (Phi) is 5.09. The maximum absolute atomic E-state index is 4.46. The standard InChI is InChI=1S/C12H16BrN5S/c1-3-9(11-15-5-6-19-11)17-10-8(13)7-16-12(18-10)14-4-2/h5-7,9H,3-4H2,1-2H3,(H2,14,16,17,18). The lowest BCUT2D eigenvalue weighted by Crippen LogP contribution is -2.12. The molecule has 1 atom stereocenters. The fraction of sp³-hybridized carbons (Fsp3) is 0.417. The molecular weight excluding hydrogens is 326 g/mol. The fourth-order valence-electron chi connectivity index (χ4n) is 1.62. The Bertz CT molecular complexity index is 517. The average molecular weight is 342 g/mol. The van der Waals surface area contributed by atoms with E-state index in [0.29, 0.717) is 5.95 Å². The molecule has 0 aromatic carbocycles. The number of nitrogens with zero attached hydrogens (tertiary/aromatic N) is 3. The van der Waals surface area contributed by atoms with Crippen LogP contribution in [0.4, 0.5) is 11.8 Å². The molecule has 2 N–H and O–H groups in total. The summed E-state index contributed by atoms with van der Waals surface area (Å²) >= 11 is 5.12. The molecule has 0 aliphatic heterocycles. The lowest BCUT2D eigenvalue weighted by atomic mass is 10.2. The van der Waals surface area contributed by atoms with Crippen molar-refractivity contribution < 1.29 is 0 Å². The third kappa shape index (κ3) is 3.63. The SMILES string of the molecule is CCNc1ncc(Br)c(NC(CC)c2nccs2)n1. The van der Waals surface area contributed by atoms with Crippen molar-refractivity contribution in [3.63, 3.8) is 0 Å².